The van der Waals surface area contributed by atoms with E-state index in [0.717, 1.165) is 45.7 Å². The Labute approximate surface area is 175 Å². The molecular weight excluding hydrogens is 370 g/mol. The second-order valence-electron chi connectivity index (χ2n) is 7.17. The molecule has 146 valence electrons. The number of methoxy groups -OCH3 is 1. The molecule has 2 aromatic heterocycles. The molecule has 0 unspecified atom stereocenters. The lowest BCUT2D eigenvalue weighted by Crippen LogP contribution is -1.99. The fourth-order valence-electron chi connectivity index (χ4n) is 3.83. The van der Waals surface area contributed by atoms with E-state index < -0.39 is 0 Å². The fraction of sp³-hybridized carbons (Fsp3) is 0.0769. The molecule has 4 heteroatoms. The maximum Gasteiger partial charge on any atom is 0.144 e. The van der Waals surface area contributed by atoms with E-state index in [0.29, 0.717) is 0 Å². The molecule has 0 aliphatic heterocycles. The topological polar surface area (TPSA) is 39.9 Å². The minimum absolute atomic E-state index is 0.753. The first-order chi connectivity index (χ1) is 14.8. The highest BCUT2D eigenvalue weighted by atomic mass is 16.5. The van der Waals surface area contributed by atoms with Gasteiger partial charge in [0.05, 0.1) is 18.2 Å². The Morgan fingerprint density at radius 1 is 0.767 bits per heavy atom. The van der Waals surface area contributed by atoms with Crippen molar-refractivity contribution in [2.24, 2.45) is 0 Å². The Morgan fingerprint density at radius 2 is 1.47 bits per heavy atom. The number of hydrogen-bond acceptors (Lipinski definition) is 3. The van der Waals surface area contributed by atoms with Crippen molar-refractivity contribution in [2.45, 2.75) is 6.54 Å². The molecule has 3 aromatic carbocycles. The average molecular weight is 391 g/mol. The third kappa shape index (κ3) is 3.33. The molecule has 0 bridgehead atoms. The van der Waals surface area contributed by atoms with Gasteiger partial charge in [-0.05, 0) is 35.4 Å². The summed E-state index contributed by atoms with van der Waals surface area (Å²) < 4.78 is 7.53. The smallest absolute Gasteiger partial charge is 0.144 e. The summed E-state index contributed by atoms with van der Waals surface area (Å²) in [5.74, 6) is 0.828. The molecule has 0 spiro atoms. The molecule has 4 nitrogen and oxygen atoms in total. The van der Waals surface area contributed by atoms with Crippen molar-refractivity contribution in [3.05, 3.63) is 103 Å². The highest BCUT2D eigenvalue weighted by molar-refractivity contribution is 6.03. The summed E-state index contributed by atoms with van der Waals surface area (Å²) in [4.78, 5) is 9.34. The van der Waals surface area contributed by atoms with Crippen molar-refractivity contribution in [1.29, 1.82) is 0 Å². The number of benzene rings is 3. The van der Waals surface area contributed by atoms with Crippen LogP contribution in [0.3, 0.4) is 0 Å². The summed E-state index contributed by atoms with van der Waals surface area (Å²) in [6, 6.07) is 28.9. The van der Waals surface area contributed by atoms with Gasteiger partial charge in [-0.15, -0.1) is 0 Å². The monoisotopic (exact) mass is 391 g/mol. The standard InChI is InChI=1S/C26H21N3O/c1-30-22-14-12-21(13-15-22)25-24-23(20-10-6-3-7-11-20)17-29(26(24)28-18-27-25)16-19-8-4-2-5-9-19/h2-15,17-18H,16H2,1H3. The van der Waals surface area contributed by atoms with Gasteiger partial charge in [-0.2, -0.15) is 0 Å². The molecule has 5 rings (SSSR count). The largest absolute Gasteiger partial charge is 0.497 e. The highest BCUT2D eigenvalue weighted by Crippen LogP contribution is 2.36. The molecule has 0 saturated carbocycles. The van der Waals surface area contributed by atoms with Crippen LogP contribution in [0.25, 0.3) is 33.4 Å². The Balaban J connectivity index is 1.73. The van der Waals surface area contributed by atoms with Gasteiger partial charge in [-0.3, -0.25) is 0 Å². The van der Waals surface area contributed by atoms with Crippen molar-refractivity contribution >= 4 is 11.0 Å². The molecule has 0 aliphatic rings. The van der Waals surface area contributed by atoms with Crippen LogP contribution < -0.4 is 4.74 Å². The quantitative estimate of drug-likeness (QED) is 0.379. The second kappa shape index (κ2) is 7.84. The van der Waals surface area contributed by atoms with Crippen LogP contribution in [-0.4, -0.2) is 21.6 Å². The minimum atomic E-state index is 0.753. The number of rotatable bonds is 5. The van der Waals surface area contributed by atoms with Crippen LogP contribution in [0.5, 0.6) is 5.75 Å². The number of nitrogens with zero attached hydrogens (tertiary/aromatic N) is 3. The molecule has 0 atom stereocenters. The molecule has 30 heavy (non-hydrogen) atoms. The maximum atomic E-state index is 5.32. The van der Waals surface area contributed by atoms with Crippen LogP contribution in [0.1, 0.15) is 5.56 Å². The van der Waals surface area contributed by atoms with Crippen molar-refractivity contribution in [1.82, 2.24) is 14.5 Å². The van der Waals surface area contributed by atoms with Gasteiger partial charge in [-0.1, -0.05) is 60.7 Å². The van der Waals surface area contributed by atoms with Gasteiger partial charge in [0, 0.05) is 23.9 Å². The molecular formula is C26H21N3O. The van der Waals surface area contributed by atoms with E-state index >= 15 is 0 Å². The third-order valence-electron chi connectivity index (χ3n) is 5.30. The van der Waals surface area contributed by atoms with Crippen LogP contribution in [0.2, 0.25) is 0 Å². The van der Waals surface area contributed by atoms with Crippen molar-refractivity contribution in [3.8, 4) is 28.1 Å². The van der Waals surface area contributed by atoms with E-state index in [1.165, 1.54) is 5.56 Å². The normalized spacial score (nSPS) is 11.0. The zero-order valence-electron chi connectivity index (χ0n) is 16.7. The Kier molecular flexibility index (Phi) is 4.74. The van der Waals surface area contributed by atoms with Crippen LogP contribution >= 0.6 is 0 Å². The molecule has 0 amide bonds. The van der Waals surface area contributed by atoms with E-state index in [4.69, 9.17) is 4.74 Å². The van der Waals surface area contributed by atoms with E-state index in [2.05, 4.69) is 69.3 Å². The second-order valence-corrected chi connectivity index (χ2v) is 7.17. The fourth-order valence-corrected chi connectivity index (χ4v) is 3.83. The van der Waals surface area contributed by atoms with Crippen molar-refractivity contribution in [2.75, 3.05) is 7.11 Å². The number of hydrogen-bond donors (Lipinski definition) is 0. The lowest BCUT2D eigenvalue weighted by molar-refractivity contribution is 0.415. The Morgan fingerprint density at radius 3 is 2.17 bits per heavy atom. The van der Waals surface area contributed by atoms with Crippen LogP contribution in [-0.2, 0) is 6.54 Å². The molecule has 0 radical (unpaired) electrons. The van der Waals surface area contributed by atoms with Gasteiger partial charge in [0.2, 0.25) is 0 Å². The molecule has 0 aliphatic carbocycles. The first-order valence-electron chi connectivity index (χ1n) is 9.91. The Bertz CT molecular complexity index is 1280. The lowest BCUT2D eigenvalue weighted by atomic mass is 10.0. The predicted molar refractivity (Wildman–Crippen MR) is 120 cm³/mol. The first kappa shape index (κ1) is 18.1. The summed E-state index contributed by atoms with van der Waals surface area (Å²) in [5, 5.41) is 1.06. The van der Waals surface area contributed by atoms with E-state index in [1.54, 1.807) is 13.4 Å². The lowest BCUT2D eigenvalue weighted by Gasteiger charge is -2.07. The van der Waals surface area contributed by atoms with E-state index in [-0.39, 0.29) is 0 Å². The van der Waals surface area contributed by atoms with E-state index in [1.807, 2.05) is 36.4 Å². The minimum Gasteiger partial charge on any atom is -0.497 e. The number of fused-ring (bicyclic) bond motifs is 1. The van der Waals surface area contributed by atoms with Gasteiger partial charge in [0.1, 0.15) is 17.7 Å². The van der Waals surface area contributed by atoms with Crippen LogP contribution in [0.15, 0.2) is 97.5 Å². The number of aromatic nitrogens is 3. The SMILES string of the molecule is COc1ccc(-c2ncnc3c2c(-c2ccccc2)cn3Cc2ccccc2)cc1. The summed E-state index contributed by atoms with van der Waals surface area (Å²) in [6.45, 7) is 0.753. The van der Waals surface area contributed by atoms with Gasteiger partial charge in [-0.25, -0.2) is 9.97 Å². The number of ether oxygens (including phenoxy) is 1. The molecule has 0 saturated heterocycles. The third-order valence-corrected chi connectivity index (χ3v) is 5.30. The van der Waals surface area contributed by atoms with Crippen LogP contribution in [0.4, 0.5) is 0 Å². The summed E-state index contributed by atoms with van der Waals surface area (Å²) in [7, 11) is 1.68. The van der Waals surface area contributed by atoms with E-state index in [9.17, 15) is 0 Å². The zero-order valence-corrected chi connectivity index (χ0v) is 16.7. The van der Waals surface area contributed by atoms with Gasteiger partial charge in [0.25, 0.3) is 0 Å². The maximum absolute atomic E-state index is 5.32. The summed E-state index contributed by atoms with van der Waals surface area (Å²) in [5.41, 5.74) is 6.41. The van der Waals surface area contributed by atoms with Gasteiger partial charge < -0.3 is 9.30 Å². The van der Waals surface area contributed by atoms with Gasteiger partial charge in [0.15, 0.2) is 0 Å². The first-order valence-corrected chi connectivity index (χ1v) is 9.91. The molecule has 0 fully saturated rings. The highest BCUT2D eigenvalue weighted by Gasteiger charge is 2.17. The Hall–Kier alpha value is -3.92. The van der Waals surface area contributed by atoms with Crippen LogP contribution in [0, 0.1) is 0 Å². The van der Waals surface area contributed by atoms with Crippen molar-refractivity contribution in [3.63, 3.8) is 0 Å². The van der Waals surface area contributed by atoms with Gasteiger partial charge >= 0.3 is 0 Å². The summed E-state index contributed by atoms with van der Waals surface area (Å²) >= 11 is 0. The molecule has 2 heterocycles. The molecule has 5 aromatic rings. The average Bonchev–Trinajstić information content (AvgIpc) is 3.19. The zero-order chi connectivity index (χ0) is 20.3. The van der Waals surface area contributed by atoms with Crippen molar-refractivity contribution < 1.29 is 4.74 Å². The molecule has 0 N–H and O–H groups in total. The summed E-state index contributed by atoms with van der Waals surface area (Å²) in [6.07, 6.45) is 3.84. The predicted octanol–water partition coefficient (Wildman–Crippen LogP) is 5.82.